The van der Waals surface area contributed by atoms with Gasteiger partial charge in [-0.3, -0.25) is 4.99 Å². The molecule has 0 radical (unpaired) electrons. The zero-order valence-electron chi connectivity index (χ0n) is 15.0. The summed E-state index contributed by atoms with van der Waals surface area (Å²) in [5, 5.41) is 11.7. The van der Waals surface area contributed by atoms with Gasteiger partial charge in [0.25, 0.3) is 5.89 Å². The molecule has 27 heavy (non-hydrogen) atoms. The Morgan fingerprint density at radius 3 is 2.56 bits per heavy atom. The van der Waals surface area contributed by atoms with Gasteiger partial charge in [-0.1, -0.05) is 25.5 Å². The maximum absolute atomic E-state index is 13.8. The first-order valence-corrected chi connectivity index (χ1v) is 8.71. The Morgan fingerprint density at radius 1 is 1.11 bits per heavy atom. The highest BCUT2D eigenvalue weighted by atomic mass is 19.1. The van der Waals surface area contributed by atoms with Crippen LogP contribution in [0.1, 0.15) is 26.2 Å². The molecule has 3 rings (SSSR count). The minimum Gasteiger partial charge on any atom is -0.416 e. The Kier molecular flexibility index (Phi) is 6.04. The van der Waals surface area contributed by atoms with Crippen LogP contribution in [-0.4, -0.2) is 22.1 Å². The highest BCUT2D eigenvalue weighted by Crippen LogP contribution is 2.26. The molecule has 0 bridgehead atoms. The average molecular weight is 365 g/mol. The molecule has 1 heterocycles. The molecule has 0 aliphatic carbocycles. The molecular weight excluding hydrogens is 345 g/mol. The van der Waals surface area contributed by atoms with Crippen LogP contribution in [0, 0.1) is 5.82 Å². The monoisotopic (exact) mass is 365 g/mol. The third kappa shape index (κ3) is 4.63. The van der Waals surface area contributed by atoms with Crippen molar-refractivity contribution in [2.45, 2.75) is 26.2 Å². The molecule has 0 saturated carbocycles. The number of hydrazone groups is 1. The van der Waals surface area contributed by atoms with Crippen molar-refractivity contribution in [1.82, 2.24) is 10.2 Å². The van der Waals surface area contributed by atoms with Crippen LogP contribution in [0.2, 0.25) is 0 Å². The summed E-state index contributed by atoms with van der Waals surface area (Å²) in [5.74, 6) is 5.44. The van der Waals surface area contributed by atoms with Crippen molar-refractivity contribution in [3.05, 3.63) is 54.3 Å². The number of nitrogens with zero attached hydrogens (tertiary/aromatic N) is 4. The quantitative estimate of drug-likeness (QED) is 0.372. The molecule has 0 saturated heterocycles. The average Bonchev–Trinajstić information content (AvgIpc) is 3.19. The third-order valence-corrected chi connectivity index (χ3v) is 3.96. The molecule has 0 fully saturated rings. The highest BCUT2D eigenvalue weighted by molar-refractivity contribution is 6.30. The molecule has 0 atom stereocenters. The van der Waals surface area contributed by atoms with Gasteiger partial charge in [0.15, 0.2) is 0 Å². The summed E-state index contributed by atoms with van der Waals surface area (Å²) in [7, 11) is 0. The van der Waals surface area contributed by atoms with Gasteiger partial charge >= 0.3 is 0 Å². The zero-order chi connectivity index (χ0) is 19.1. The molecular formula is C20H20FN5O. The van der Waals surface area contributed by atoms with E-state index in [0.29, 0.717) is 5.89 Å². The Bertz CT molecular complexity index is 947. The van der Waals surface area contributed by atoms with Crippen molar-refractivity contribution >= 4 is 17.6 Å². The van der Waals surface area contributed by atoms with E-state index in [0.717, 1.165) is 36.2 Å². The van der Waals surface area contributed by atoms with Crippen molar-refractivity contribution in [2.24, 2.45) is 15.9 Å². The highest BCUT2D eigenvalue weighted by Gasteiger charge is 2.13. The third-order valence-electron chi connectivity index (χ3n) is 3.96. The maximum Gasteiger partial charge on any atom is 0.251 e. The SMILES string of the molecule is CCCC/C(C=Nc1ccc(-c2nnc(-c3ccccc3F)o2)cc1)=N/N. The number of aliphatic imine (C=N–C) groups is 1. The summed E-state index contributed by atoms with van der Waals surface area (Å²) in [6, 6.07) is 13.6. The number of unbranched alkanes of at least 4 members (excludes halogenated alkanes) is 1. The van der Waals surface area contributed by atoms with E-state index in [1.54, 1.807) is 24.4 Å². The fourth-order valence-electron chi connectivity index (χ4n) is 2.44. The molecule has 3 aromatic rings. The molecule has 0 unspecified atom stereocenters. The lowest BCUT2D eigenvalue weighted by molar-refractivity contribution is 0.570. The van der Waals surface area contributed by atoms with Crippen LogP contribution in [0.25, 0.3) is 22.9 Å². The normalized spacial score (nSPS) is 12.0. The molecule has 0 spiro atoms. The summed E-state index contributed by atoms with van der Waals surface area (Å²) < 4.78 is 19.4. The van der Waals surface area contributed by atoms with Crippen LogP contribution >= 0.6 is 0 Å². The Morgan fingerprint density at radius 2 is 1.85 bits per heavy atom. The van der Waals surface area contributed by atoms with Crippen LogP contribution in [0.3, 0.4) is 0 Å². The fraction of sp³-hybridized carbons (Fsp3) is 0.200. The van der Waals surface area contributed by atoms with Crippen LogP contribution in [0.5, 0.6) is 0 Å². The molecule has 0 amide bonds. The van der Waals surface area contributed by atoms with Crippen LogP contribution in [0.4, 0.5) is 10.1 Å². The number of nitrogens with two attached hydrogens (primary N) is 1. The van der Waals surface area contributed by atoms with Gasteiger partial charge in [0.05, 0.1) is 23.2 Å². The number of rotatable bonds is 7. The lowest BCUT2D eigenvalue weighted by atomic mass is 10.2. The summed E-state index contributed by atoms with van der Waals surface area (Å²) >= 11 is 0. The molecule has 7 heteroatoms. The summed E-state index contributed by atoms with van der Waals surface area (Å²) in [6.07, 6.45) is 4.56. The number of hydrogen-bond donors (Lipinski definition) is 1. The first kappa shape index (κ1) is 18.4. The second-order valence-corrected chi connectivity index (χ2v) is 5.92. The minimum atomic E-state index is -0.405. The van der Waals surface area contributed by atoms with E-state index >= 15 is 0 Å². The molecule has 2 N–H and O–H groups in total. The summed E-state index contributed by atoms with van der Waals surface area (Å²) in [6.45, 7) is 2.11. The first-order chi connectivity index (χ1) is 13.2. The minimum absolute atomic E-state index is 0.143. The van der Waals surface area contributed by atoms with Gasteiger partial charge in [-0.2, -0.15) is 5.10 Å². The first-order valence-electron chi connectivity index (χ1n) is 8.71. The van der Waals surface area contributed by atoms with E-state index in [-0.39, 0.29) is 11.5 Å². The molecule has 2 aromatic carbocycles. The second kappa shape index (κ2) is 8.84. The van der Waals surface area contributed by atoms with Gasteiger partial charge in [0.1, 0.15) is 5.82 Å². The molecule has 0 aliphatic rings. The van der Waals surface area contributed by atoms with E-state index in [9.17, 15) is 4.39 Å². The number of aromatic nitrogens is 2. The number of benzene rings is 2. The van der Waals surface area contributed by atoms with Gasteiger partial charge in [-0.15, -0.1) is 10.2 Å². The van der Waals surface area contributed by atoms with Gasteiger partial charge in [-0.05, 0) is 49.2 Å². The lowest BCUT2D eigenvalue weighted by Crippen LogP contribution is -2.03. The Labute approximate surface area is 156 Å². The van der Waals surface area contributed by atoms with Crippen LogP contribution in [0.15, 0.2) is 63.0 Å². The van der Waals surface area contributed by atoms with Crippen molar-refractivity contribution in [3.8, 4) is 22.9 Å². The van der Waals surface area contributed by atoms with Gasteiger partial charge in [0, 0.05) is 5.56 Å². The van der Waals surface area contributed by atoms with Crippen LogP contribution < -0.4 is 5.84 Å². The predicted octanol–water partition coefficient (Wildman–Crippen LogP) is 4.75. The molecule has 138 valence electrons. The summed E-state index contributed by atoms with van der Waals surface area (Å²) in [5.41, 5.74) is 2.51. The van der Waals surface area contributed by atoms with E-state index in [1.165, 1.54) is 6.07 Å². The second-order valence-electron chi connectivity index (χ2n) is 5.92. The zero-order valence-corrected chi connectivity index (χ0v) is 15.0. The summed E-state index contributed by atoms with van der Waals surface area (Å²) in [4.78, 5) is 4.38. The van der Waals surface area contributed by atoms with Gasteiger partial charge in [-0.25, -0.2) is 4.39 Å². The standard InChI is InChI=1S/C20H20FN5O/c1-2-3-6-16(24-22)13-23-15-11-9-14(10-12-15)19-25-26-20(27-19)17-7-4-5-8-18(17)21/h4-5,7-13H,2-3,6,22H2,1H3/b23-13?,24-16-. The van der Waals surface area contributed by atoms with Crippen molar-refractivity contribution < 1.29 is 8.81 Å². The molecule has 1 aromatic heterocycles. The van der Waals surface area contributed by atoms with Gasteiger partial charge < -0.3 is 10.3 Å². The maximum atomic E-state index is 13.8. The number of halogens is 1. The van der Waals surface area contributed by atoms with E-state index < -0.39 is 5.82 Å². The largest absolute Gasteiger partial charge is 0.416 e. The van der Waals surface area contributed by atoms with Crippen molar-refractivity contribution in [1.29, 1.82) is 0 Å². The predicted molar refractivity (Wildman–Crippen MR) is 104 cm³/mol. The van der Waals surface area contributed by atoms with Gasteiger partial charge in [0.2, 0.25) is 5.89 Å². The van der Waals surface area contributed by atoms with Crippen molar-refractivity contribution in [3.63, 3.8) is 0 Å². The van der Waals surface area contributed by atoms with Crippen LogP contribution in [-0.2, 0) is 0 Å². The lowest BCUT2D eigenvalue weighted by Gasteiger charge is -1.99. The molecule has 0 aliphatic heterocycles. The van der Waals surface area contributed by atoms with E-state index in [2.05, 4.69) is 27.2 Å². The fourth-order valence-corrected chi connectivity index (χ4v) is 2.44. The number of hydrogen-bond acceptors (Lipinski definition) is 6. The van der Waals surface area contributed by atoms with Crippen molar-refractivity contribution in [2.75, 3.05) is 0 Å². The Hall–Kier alpha value is -3.35. The van der Waals surface area contributed by atoms with E-state index in [1.807, 2.05) is 24.3 Å². The Balaban J connectivity index is 1.74. The molecule has 6 nitrogen and oxygen atoms in total. The topological polar surface area (TPSA) is 89.7 Å². The smallest absolute Gasteiger partial charge is 0.251 e. The van der Waals surface area contributed by atoms with E-state index in [4.69, 9.17) is 10.3 Å².